The number of nitrogens with one attached hydrogen (secondary N) is 1. The maximum absolute atomic E-state index is 12.5. The highest BCUT2D eigenvalue weighted by molar-refractivity contribution is 6.05. The lowest BCUT2D eigenvalue weighted by molar-refractivity contribution is 0.102. The Morgan fingerprint density at radius 2 is 1.84 bits per heavy atom. The Kier molecular flexibility index (Phi) is 6.18. The summed E-state index contributed by atoms with van der Waals surface area (Å²) >= 11 is 0. The molecule has 0 saturated carbocycles. The minimum atomic E-state index is -0.323. The van der Waals surface area contributed by atoms with Gasteiger partial charge in [-0.3, -0.25) is 4.79 Å². The third-order valence-electron chi connectivity index (χ3n) is 3.35. The van der Waals surface area contributed by atoms with Crippen molar-refractivity contribution in [3.8, 4) is 17.2 Å². The van der Waals surface area contributed by atoms with E-state index in [1.54, 1.807) is 30.3 Å². The molecule has 1 amide bonds. The lowest BCUT2D eigenvalue weighted by Gasteiger charge is -2.12. The highest BCUT2D eigenvalue weighted by Gasteiger charge is 2.22. The summed E-state index contributed by atoms with van der Waals surface area (Å²) in [7, 11) is 1.54. The minimum Gasteiger partial charge on any atom is -0.497 e. The van der Waals surface area contributed by atoms with Crippen molar-refractivity contribution in [1.82, 2.24) is 0 Å². The highest BCUT2D eigenvalue weighted by atomic mass is 16.5. The molecule has 0 aliphatic heterocycles. The number of hydrogen-bond acceptors (Lipinski definition) is 5. The molecule has 0 atom stereocenters. The molecule has 0 bridgehead atoms. The van der Waals surface area contributed by atoms with Crippen LogP contribution in [0.1, 0.15) is 24.2 Å². The molecular weight excluding hydrogens is 322 g/mol. The average Bonchev–Trinajstić information content (AvgIpc) is 2.64. The van der Waals surface area contributed by atoms with Gasteiger partial charge < -0.3 is 19.5 Å². The van der Waals surface area contributed by atoms with E-state index in [4.69, 9.17) is 19.6 Å². The van der Waals surface area contributed by atoms with Crippen LogP contribution in [-0.2, 0) is 0 Å². The molecule has 0 unspecified atom stereocenters. The van der Waals surface area contributed by atoms with Crippen LogP contribution in [0.2, 0.25) is 0 Å². The summed E-state index contributed by atoms with van der Waals surface area (Å²) in [6.45, 7) is 4.41. The lowest BCUT2D eigenvalue weighted by atomic mass is 10.2. The Bertz CT molecular complexity index is 799. The first-order chi connectivity index (χ1) is 12.1. The van der Waals surface area contributed by atoms with Gasteiger partial charge in [0.2, 0.25) is 11.1 Å². The molecule has 7 heteroatoms. The Morgan fingerprint density at radius 3 is 2.48 bits per heavy atom. The number of methoxy groups -OCH3 is 1. The quantitative estimate of drug-likeness (QED) is 0.761. The zero-order chi connectivity index (χ0) is 18.2. The Morgan fingerprint density at radius 1 is 1.12 bits per heavy atom. The van der Waals surface area contributed by atoms with Crippen molar-refractivity contribution in [2.75, 3.05) is 25.6 Å². The van der Waals surface area contributed by atoms with Crippen LogP contribution in [0.4, 0.5) is 11.4 Å². The third-order valence-corrected chi connectivity index (χ3v) is 3.35. The van der Waals surface area contributed by atoms with E-state index in [2.05, 4.69) is 10.3 Å². The van der Waals surface area contributed by atoms with E-state index >= 15 is 0 Å². The van der Waals surface area contributed by atoms with Gasteiger partial charge in [-0.2, -0.15) is 0 Å². The van der Waals surface area contributed by atoms with Gasteiger partial charge in [0.15, 0.2) is 10.7 Å². The van der Waals surface area contributed by atoms with Crippen molar-refractivity contribution in [3.05, 3.63) is 46.9 Å². The van der Waals surface area contributed by atoms with Crippen LogP contribution in [0, 0.1) is 5.39 Å². The van der Waals surface area contributed by atoms with Crippen molar-refractivity contribution in [2.45, 2.75) is 13.8 Å². The highest BCUT2D eigenvalue weighted by Crippen LogP contribution is 2.38. The maximum Gasteiger partial charge on any atom is 0.430 e. The molecule has 0 fully saturated rings. The predicted molar refractivity (Wildman–Crippen MR) is 94.5 cm³/mol. The molecule has 0 aromatic heterocycles. The summed E-state index contributed by atoms with van der Waals surface area (Å²) in [5.41, 5.74) is 1.09. The van der Waals surface area contributed by atoms with E-state index in [0.717, 1.165) is 0 Å². The van der Waals surface area contributed by atoms with Crippen molar-refractivity contribution >= 4 is 17.3 Å². The topological polar surface area (TPSA) is 84.9 Å². The van der Waals surface area contributed by atoms with Crippen molar-refractivity contribution in [3.63, 3.8) is 0 Å². The second-order valence-corrected chi connectivity index (χ2v) is 4.97. The molecule has 2 aromatic carbocycles. The smallest absolute Gasteiger partial charge is 0.430 e. The molecule has 0 aliphatic rings. The van der Waals surface area contributed by atoms with Gasteiger partial charge in [0.1, 0.15) is 5.75 Å². The molecule has 0 radical (unpaired) electrons. The van der Waals surface area contributed by atoms with Crippen LogP contribution < -0.4 is 19.5 Å². The van der Waals surface area contributed by atoms with Gasteiger partial charge in [0.25, 0.3) is 5.91 Å². The van der Waals surface area contributed by atoms with Crippen LogP contribution in [0.5, 0.6) is 17.2 Å². The number of carbonyl (C=O) groups is 1. The molecule has 1 N–H and O–H groups in total. The Balaban J connectivity index is 2.37. The first kappa shape index (κ1) is 18.1. The Labute approximate surface area is 146 Å². The van der Waals surface area contributed by atoms with Crippen molar-refractivity contribution in [1.29, 1.82) is 5.39 Å². The van der Waals surface area contributed by atoms with Gasteiger partial charge in [0, 0.05) is 11.6 Å². The molecule has 0 spiro atoms. The molecule has 0 heterocycles. The summed E-state index contributed by atoms with van der Waals surface area (Å²) in [4.78, 5) is 15.7. The second kappa shape index (κ2) is 8.55. The largest absolute Gasteiger partial charge is 0.497 e. The van der Waals surface area contributed by atoms with E-state index in [1.807, 2.05) is 13.8 Å². The first-order valence-corrected chi connectivity index (χ1v) is 7.87. The van der Waals surface area contributed by atoms with Crippen LogP contribution in [0.3, 0.4) is 0 Å². The maximum atomic E-state index is 12.5. The fourth-order valence-corrected chi connectivity index (χ4v) is 2.23. The molecular formula is C18H20N3O4+. The summed E-state index contributed by atoms with van der Waals surface area (Å²) in [6.07, 6.45) is 0. The zero-order valence-corrected chi connectivity index (χ0v) is 14.4. The number of hydrogen-bond donors (Lipinski definition) is 1. The van der Waals surface area contributed by atoms with Gasteiger partial charge in [-0.1, -0.05) is 6.07 Å². The van der Waals surface area contributed by atoms with Crippen molar-refractivity contribution < 1.29 is 19.0 Å². The second-order valence-electron chi connectivity index (χ2n) is 4.97. The number of ether oxygens (including phenoxy) is 3. The van der Waals surface area contributed by atoms with E-state index in [9.17, 15) is 4.79 Å². The fraction of sp³-hybridized carbons (Fsp3) is 0.278. The lowest BCUT2D eigenvalue weighted by Crippen LogP contribution is -2.13. The van der Waals surface area contributed by atoms with Gasteiger partial charge in [-0.15, -0.1) is 0 Å². The molecule has 0 saturated heterocycles. The number of nitrogens with zero attached hydrogens (tertiary/aromatic N) is 2. The SMILES string of the molecule is CCOc1cc(NC(=O)c2cccc(OC)c2)c(OCC)cc1[N+]#N. The van der Waals surface area contributed by atoms with Crippen molar-refractivity contribution in [2.24, 2.45) is 0 Å². The Hall–Kier alpha value is -3.27. The summed E-state index contributed by atoms with van der Waals surface area (Å²) in [6, 6.07) is 9.89. The molecule has 130 valence electrons. The number of anilines is 1. The first-order valence-electron chi connectivity index (χ1n) is 7.87. The summed E-state index contributed by atoms with van der Waals surface area (Å²) in [5, 5.41) is 11.9. The zero-order valence-electron chi connectivity index (χ0n) is 14.4. The normalized spacial score (nSPS) is 9.84. The van der Waals surface area contributed by atoms with E-state index in [-0.39, 0.29) is 11.6 Å². The van der Waals surface area contributed by atoms with Crippen LogP contribution >= 0.6 is 0 Å². The van der Waals surface area contributed by atoms with Crippen LogP contribution in [0.15, 0.2) is 36.4 Å². The number of benzene rings is 2. The number of amides is 1. The molecule has 2 aromatic rings. The molecule has 2 rings (SSSR count). The molecule has 7 nitrogen and oxygen atoms in total. The summed E-state index contributed by atoms with van der Waals surface area (Å²) < 4.78 is 16.1. The van der Waals surface area contributed by atoms with E-state index in [0.29, 0.717) is 41.7 Å². The van der Waals surface area contributed by atoms with Gasteiger partial charge in [-0.05, 0) is 32.0 Å². The fourth-order valence-electron chi connectivity index (χ4n) is 2.23. The minimum absolute atomic E-state index is 0.227. The van der Waals surface area contributed by atoms with Gasteiger partial charge >= 0.3 is 5.69 Å². The third kappa shape index (κ3) is 4.38. The molecule has 25 heavy (non-hydrogen) atoms. The molecule has 0 aliphatic carbocycles. The van der Waals surface area contributed by atoms with E-state index < -0.39 is 0 Å². The van der Waals surface area contributed by atoms with E-state index in [1.165, 1.54) is 13.2 Å². The summed E-state index contributed by atoms with van der Waals surface area (Å²) in [5.74, 6) is 0.988. The standard InChI is InChI=1S/C18H19N3O4/c1-4-24-16-11-15(21-19)17(25-5-2)10-14(16)20-18(22)12-7-6-8-13(9-12)23-3/h6-11H,4-5H2,1-3H3/p+1. The average molecular weight is 342 g/mol. The predicted octanol–water partition coefficient (Wildman–Crippen LogP) is 4.23. The van der Waals surface area contributed by atoms with Gasteiger partial charge in [0.05, 0.1) is 32.1 Å². The monoisotopic (exact) mass is 342 g/mol. The number of carbonyl (C=O) groups excluding carboxylic acids is 1. The number of rotatable bonds is 7. The van der Waals surface area contributed by atoms with Crippen LogP contribution in [-0.4, -0.2) is 26.2 Å². The number of diazo groups is 1. The van der Waals surface area contributed by atoms with Gasteiger partial charge in [-0.25, -0.2) is 0 Å². The van der Waals surface area contributed by atoms with Crippen LogP contribution in [0.25, 0.3) is 4.98 Å².